The fourth-order valence-corrected chi connectivity index (χ4v) is 3.68. The SMILES string of the molecule is COc1ccc(-c2nn3c(c2-c2ccc4cn[nH]c4c2)CCC3)cc1. The molecule has 0 bridgehead atoms. The van der Waals surface area contributed by atoms with Crippen molar-refractivity contribution in [2.75, 3.05) is 7.11 Å². The summed E-state index contributed by atoms with van der Waals surface area (Å²) in [5.74, 6) is 0.857. The van der Waals surface area contributed by atoms with E-state index in [1.807, 2.05) is 18.3 Å². The van der Waals surface area contributed by atoms with Crippen LogP contribution in [0.25, 0.3) is 33.3 Å². The number of aryl methyl sites for hydroxylation is 1. The lowest BCUT2D eigenvalue weighted by molar-refractivity contribution is 0.415. The van der Waals surface area contributed by atoms with Crippen LogP contribution >= 0.6 is 0 Å². The van der Waals surface area contributed by atoms with E-state index in [1.165, 1.54) is 16.8 Å². The molecular weight excluding hydrogens is 312 g/mol. The molecule has 5 rings (SSSR count). The molecule has 0 unspecified atom stereocenters. The summed E-state index contributed by atoms with van der Waals surface area (Å²) in [5, 5.41) is 13.2. The molecule has 3 heterocycles. The normalized spacial score (nSPS) is 13.3. The first-order valence-electron chi connectivity index (χ1n) is 8.51. The van der Waals surface area contributed by atoms with Crippen molar-refractivity contribution in [1.29, 1.82) is 0 Å². The van der Waals surface area contributed by atoms with Gasteiger partial charge in [-0.15, -0.1) is 0 Å². The number of nitrogens with one attached hydrogen (secondary N) is 1. The number of H-pyrrole nitrogens is 1. The fraction of sp³-hybridized carbons (Fsp3) is 0.200. The molecule has 1 N–H and O–H groups in total. The van der Waals surface area contributed by atoms with Gasteiger partial charge in [0.05, 0.1) is 18.8 Å². The molecule has 0 aliphatic carbocycles. The first-order chi connectivity index (χ1) is 12.3. The molecule has 0 fully saturated rings. The van der Waals surface area contributed by atoms with Gasteiger partial charge in [0.1, 0.15) is 11.4 Å². The van der Waals surface area contributed by atoms with Gasteiger partial charge in [0, 0.05) is 28.8 Å². The maximum Gasteiger partial charge on any atom is 0.118 e. The first-order valence-corrected chi connectivity index (χ1v) is 8.51. The average Bonchev–Trinajstić information content (AvgIpc) is 3.36. The highest BCUT2D eigenvalue weighted by atomic mass is 16.5. The maximum absolute atomic E-state index is 5.28. The van der Waals surface area contributed by atoms with Crippen LogP contribution in [0.3, 0.4) is 0 Å². The number of methoxy groups -OCH3 is 1. The van der Waals surface area contributed by atoms with Crippen molar-refractivity contribution in [2.45, 2.75) is 19.4 Å². The Kier molecular flexibility index (Phi) is 3.13. The van der Waals surface area contributed by atoms with E-state index in [1.54, 1.807) is 7.11 Å². The molecule has 1 aliphatic heterocycles. The van der Waals surface area contributed by atoms with Gasteiger partial charge in [0.2, 0.25) is 0 Å². The van der Waals surface area contributed by atoms with Crippen molar-refractivity contribution < 1.29 is 4.74 Å². The predicted octanol–water partition coefficient (Wildman–Crippen LogP) is 4.05. The highest BCUT2D eigenvalue weighted by Crippen LogP contribution is 2.38. The summed E-state index contributed by atoms with van der Waals surface area (Å²) in [6.45, 7) is 0.991. The smallest absolute Gasteiger partial charge is 0.118 e. The minimum Gasteiger partial charge on any atom is -0.497 e. The summed E-state index contributed by atoms with van der Waals surface area (Å²) in [6, 6.07) is 14.6. The fourth-order valence-electron chi connectivity index (χ4n) is 3.68. The van der Waals surface area contributed by atoms with Crippen LogP contribution < -0.4 is 4.74 Å². The van der Waals surface area contributed by atoms with E-state index in [9.17, 15) is 0 Å². The van der Waals surface area contributed by atoms with Crippen molar-refractivity contribution in [1.82, 2.24) is 20.0 Å². The Bertz CT molecular complexity index is 1060. The van der Waals surface area contributed by atoms with Crippen LogP contribution in [0.4, 0.5) is 0 Å². The van der Waals surface area contributed by atoms with E-state index in [2.05, 4.69) is 45.2 Å². The summed E-state index contributed by atoms with van der Waals surface area (Å²) in [4.78, 5) is 0. The van der Waals surface area contributed by atoms with Crippen molar-refractivity contribution in [3.8, 4) is 28.1 Å². The Morgan fingerprint density at radius 1 is 1.08 bits per heavy atom. The number of benzene rings is 2. The van der Waals surface area contributed by atoms with Crippen molar-refractivity contribution in [3.05, 3.63) is 54.4 Å². The van der Waals surface area contributed by atoms with Gasteiger partial charge in [0.15, 0.2) is 0 Å². The molecule has 0 amide bonds. The Hall–Kier alpha value is -3.08. The number of hydrogen-bond donors (Lipinski definition) is 1. The molecule has 25 heavy (non-hydrogen) atoms. The van der Waals surface area contributed by atoms with E-state index in [0.717, 1.165) is 47.3 Å². The molecule has 0 radical (unpaired) electrons. The standard InChI is InChI=1S/C20H18N4O/c1-25-16-8-6-13(7-9-16)20-19(18-3-2-10-24(18)23-20)14-4-5-15-12-21-22-17(15)11-14/h4-9,11-12H,2-3,10H2,1H3,(H,21,22). The summed E-state index contributed by atoms with van der Waals surface area (Å²) in [7, 11) is 1.69. The number of nitrogens with zero attached hydrogens (tertiary/aromatic N) is 3. The molecular formula is C20H18N4O. The number of rotatable bonds is 3. The Labute approximate surface area is 145 Å². The molecule has 124 valence electrons. The molecule has 0 saturated heterocycles. The zero-order valence-electron chi connectivity index (χ0n) is 14.0. The minimum atomic E-state index is 0.857. The summed E-state index contributed by atoms with van der Waals surface area (Å²) in [6.07, 6.45) is 4.08. The summed E-state index contributed by atoms with van der Waals surface area (Å²) < 4.78 is 7.44. The predicted molar refractivity (Wildman–Crippen MR) is 97.6 cm³/mol. The van der Waals surface area contributed by atoms with Crippen LogP contribution in [-0.4, -0.2) is 27.1 Å². The van der Waals surface area contributed by atoms with E-state index < -0.39 is 0 Å². The lowest BCUT2D eigenvalue weighted by atomic mass is 9.97. The summed E-state index contributed by atoms with van der Waals surface area (Å²) in [5.41, 5.74) is 6.95. The molecule has 2 aromatic carbocycles. The first kappa shape index (κ1) is 14.3. The van der Waals surface area contributed by atoms with Gasteiger partial charge in [-0.05, 0) is 48.7 Å². The third kappa shape index (κ3) is 2.23. The molecule has 0 atom stereocenters. The molecule has 1 aliphatic rings. The number of hydrogen-bond acceptors (Lipinski definition) is 3. The third-order valence-corrected chi connectivity index (χ3v) is 4.94. The Morgan fingerprint density at radius 2 is 1.92 bits per heavy atom. The van der Waals surface area contributed by atoms with Gasteiger partial charge in [0.25, 0.3) is 0 Å². The second-order valence-electron chi connectivity index (χ2n) is 6.40. The zero-order valence-corrected chi connectivity index (χ0v) is 14.0. The Balaban J connectivity index is 1.71. The van der Waals surface area contributed by atoms with Gasteiger partial charge in [-0.2, -0.15) is 10.2 Å². The van der Waals surface area contributed by atoms with Gasteiger partial charge < -0.3 is 4.74 Å². The topological polar surface area (TPSA) is 55.7 Å². The largest absolute Gasteiger partial charge is 0.497 e. The van der Waals surface area contributed by atoms with Crippen molar-refractivity contribution in [2.24, 2.45) is 0 Å². The van der Waals surface area contributed by atoms with Crippen LogP contribution in [-0.2, 0) is 13.0 Å². The van der Waals surface area contributed by atoms with Crippen LogP contribution in [0.1, 0.15) is 12.1 Å². The van der Waals surface area contributed by atoms with Crippen LogP contribution in [0, 0.1) is 0 Å². The van der Waals surface area contributed by atoms with Crippen molar-refractivity contribution >= 4 is 10.9 Å². The van der Waals surface area contributed by atoms with Gasteiger partial charge in [-0.3, -0.25) is 9.78 Å². The molecule has 0 saturated carbocycles. The van der Waals surface area contributed by atoms with E-state index in [-0.39, 0.29) is 0 Å². The monoisotopic (exact) mass is 330 g/mol. The Morgan fingerprint density at radius 3 is 2.76 bits per heavy atom. The molecule has 0 spiro atoms. The van der Waals surface area contributed by atoms with Crippen LogP contribution in [0.2, 0.25) is 0 Å². The van der Waals surface area contributed by atoms with Gasteiger partial charge >= 0.3 is 0 Å². The van der Waals surface area contributed by atoms with Crippen LogP contribution in [0.5, 0.6) is 5.75 Å². The molecule has 4 aromatic rings. The van der Waals surface area contributed by atoms with E-state index in [4.69, 9.17) is 9.84 Å². The number of fused-ring (bicyclic) bond motifs is 2. The lowest BCUT2D eigenvalue weighted by Gasteiger charge is -2.07. The second kappa shape index (κ2) is 5.48. The number of aromatic amines is 1. The molecule has 2 aromatic heterocycles. The third-order valence-electron chi connectivity index (χ3n) is 4.94. The van der Waals surface area contributed by atoms with E-state index >= 15 is 0 Å². The van der Waals surface area contributed by atoms with Gasteiger partial charge in [-0.25, -0.2) is 0 Å². The van der Waals surface area contributed by atoms with Crippen molar-refractivity contribution in [3.63, 3.8) is 0 Å². The number of aromatic nitrogens is 4. The maximum atomic E-state index is 5.28. The van der Waals surface area contributed by atoms with Crippen LogP contribution in [0.15, 0.2) is 48.7 Å². The molecule has 5 nitrogen and oxygen atoms in total. The highest BCUT2D eigenvalue weighted by molar-refractivity contribution is 5.89. The van der Waals surface area contributed by atoms with E-state index in [0.29, 0.717) is 0 Å². The zero-order chi connectivity index (χ0) is 16.8. The average molecular weight is 330 g/mol. The second-order valence-corrected chi connectivity index (χ2v) is 6.40. The lowest BCUT2D eigenvalue weighted by Crippen LogP contribution is -1.94. The quantitative estimate of drug-likeness (QED) is 0.616. The highest BCUT2D eigenvalue weighted by Gasteiger charge is 2.24. The number of ether oxygens (including phenoxy) is 1. The van der Waals surface area contributed by atoms with Gasteiger partial charge in [-0.1, -0.05) is 12.1 Å². The summed E-state index contributed by atoms with van der Waals surface area (Å²) >= 11 is 0. The minimum absolute atomic E-state index is 0.857. The molecule has 5 heteroatoms.